The topological polar surface area (TPSA) is 97.1 Å². The highest BCUT2D eigenvalue weighted by Crippen LogP contribution is 2.25. The Labute approximate surface area is 134 Å². The molecule has 2 aromatic rings. The Kier molecular flexibility index (Phi) is 5.07. The summed E-state index contributed by atoms with van der Waals surface area (Å²) in [6.45, 7) is 0.122. The van der Waals surface area contributed by atoms with Gasteiger partial charge in [-0.05, 0) is 29.8 Å². The number of nitrogens with zero attached hydrogens (tertiary/aromatic N) is 1. The van der Waals surface area contributed by atoms with Crippen LogP contribution in [-0.4, -0.2) is 38.0 Å². The second-order valence-electron chi connectivity index (χ2n) is 4.94. The average Bonchev–Trinajstić information content (AvgIpc) is 2.99. The van der Waals surface area contributed by atoms with Gasteiger partial charge in [0.25, 0.3) is 0 Å². The highest BCUT2D eigenvalue weighted by atomic mass is 32.2. The highest BCUT2D eigenvalue weighted by Gasteiger charge is 2.25. The zero-order chi connectivity index (χ0) is 17.0. The van der Waals surface area contributed by atoms with E-state index in [0.717, 1.165) is 4.31 Å². The monoisotopic (exact) mass is 339 g/mol. The van der Waals surface area contributed by atoms with Crippen molar-refractivity contribution in [1.29, 1.82) is 0 Å². The molecule has 0 amide bonds. The van der Waals surface area contributed by atoms with E-state index in [1.807, 2.05) is 0 Å². The number of hydrogen-bond donors (Lipinski definition) is 1. The SMILES string of the molecule is COc1ccc(S(=O)(=O)N(C)Cc2ccoc2)c(CC(=O)O)c1. The second kappa shape index (κ2) is 6.84. The first-order valence-electron chi connectivity index (χ1n) is 6.70. The van der Waals surface area contributed by atoms with E-state index in [2.05, 4.69) is 0 Å². The van der Waals surface area contributed by atoms with Crippen LogP contribution in [0.15, 0.2) is 46.1 Å². The van der Waals surface area contributed by atoms with E-state index in [0.29, 0.717) is 11.3 Å². The first-order chi connectivity index (χ1) is 10.8. The van der Waals surface area contributed by atoms with Gasteiger partial charge in [0.05, 0.1) is 31.0 Å². The predicted molar refractivity (Wildman–Crippen MR) is 81.7 cm³/mol. The van der Waals surface area contributed by atoms with Crippen LogP contribution in [0.3, 0.4) is 0 Å². The van der Waals surface area contributed by atoms with Gasteiger partial charge in [0.15, 0.2) is 0 Å². The fourth-order valence-electron chi connectivity index (χ4n) is 2.13. The molecule has 7 nitrogen and oxygen atoms in total. The van der Waals surface area contributed by atoms with Crippen molar-refractivity contribution in [2.45, 2.75) is 17.9 Å². The number of rotatable bonds is 7. The number of benzene rings is 1. The van der Waals surface area contributed by atoms with Crippen LogP contribution in [0.5, 0.6) is 5.75 Å². The maximum atomic E-state index is 12.7. The maximum Gasteiger partial charge on any atom is 0.307 e. The van der Waals surface area contributed by atoms with Gasteiger partial charge in [-0.15, -0.1) is 0 Å². The largest absolute Gasteiger partial charge is 0.497 e. The minimum Gasteiger partial charge on any atom is -0.497 e. The van der Waals surface area contributed by atoms with Gasteiger partial charge in [-0.25, -0.2) is 8.42 Å². The molecule has 8 heteroatoms. The smallest absolute Gasteiger partial charge is 0.307 e. The second-order valence-corrected chi connectivity index (χ2v) is 6.95. The van der Waals surface area contributed by atoms with Gasteiger partial charge >= 0.3 is 5.97 Å². The molecule has 0 aliphatic carbocycles. The molecule has 0 radical (unpaired) electrons. The van der Waals surface area contributed by atoms with E-state index in [1.54, 1.807) is 6.07 Å². The number of methoxy groups -OCH3 is 1. The van der Waals surface area contributed by atoms with Gasteiger partial charge in [-0.1, -0.05) is 0 Å². The van der Waals surface area contributed by atoms with Gasteiger partial charge in [-0.2, -0.15) is 4.31 Å². The van der Waals surface area contributed by atoms with Crippen molar-refractivity contribution in [3.05, 3.63) is 47.9 Å². The number of carboxylic acid groups (broad SMARTS) is 1. The molecule has 0 aliphatic rings. The lowest BCUT2D eigenvalue weighted by atomic mass is 10.1. The first-order valence-corrected chi connectivity index (χ1v) is 8.14. The van der Waals surface area contributed by atoms with Crippen LogP contribution in [-0.2, 0) is 27.8 Å². The van der Waals surface area contributed by atoms with Crippen LogP contribution in [0, 0.1) is 0 Å². The Morgan fingerprint density at radius 2 is 2.09 bits per heavy atom. The number of furan rings is 1. The molecule has 0 saturated carbocycles. The van der Waals surface area contributed by atoms with Gasteiger partial charge in [-0.3, -0.25) is 4.79 Å². The molecule has 0 aliphatic heterocycles. The Balaban J connectivity index is 2.39. The van der Waals surface area contributed by atoms with Gasteiger partial charge in [0, 0.05) is 19.2 Å². The molecular formula is C15H17NO6S. The number of ether oxygens (including phenoxy) is 1. The van der Waals surface area contributed by atoms with Crippen molar-refractivity contribution in [2.75, 3.05) is 14.2 Å². The number of hydrogen-bond acceptors (Lipinski definition) is 5. The molecule has 1 N–H and O–H groups in total. The molecule has 0 atom stereocenters. The fourth-order valence-corrected chi connectivity index (χ4v) is 3.49. The Morgan fingerprint density at radius 1 is 1.35 bits per heavy atom. The standard InChI is InChI=1S/C15H17NO6S/c1-16(9-11-5-6-22-10-11)23(19,20)14-4-3-13(21-2)7-12(14)8-15(17)18/h3-7,10H,8-9H2,1-2H3,(H,17,18). The van der Waals surface area contributed by atoms with Crippen molar-refractivity contribution >= 4 is 16.0 Å². The van der Waals surface area contributed by atoms with E-state index in [1.165, 1.54) is 44.9 Å². The normalized spacial score (nSPS) is 11.6. The van der Waals surface area contributed by atoms with Crippen LogP contribution >= 0.6 is 0 Å². The zero-order valence-electron chi connectivity index (χ0n) is 12.7. The van der Waals surface area contributed by atoms with Crippen LogP contribution in [0.2, 0.25) is 0 Å². The van der Waals surface area contributed by atoms with Crippen molar-refractivity contribution in [3.63, 3.8) is 0 Å². The summed E-state index contributed by atoms with van der Waals surface area (Å²) >= 11 is 0. The maximum absolute atomic E-state index is 12.7. The third-order valence-corrected chi connectivity index (χ3v) is 5.19. The third-order valence-electron chi connectivity index (χ3n) is 3.28. The molecule has 0 spiro atoms. The summed E-state index contributed by atoms with van der Waals surface area (Å²) in [5.74, 6) is -0.718. The molecule has 1 aromatic heterocycles. The van der Waals surface area contributed by atoms with Crippen molar-refractivity contribution in [2.24, 2.45) is 0 Å². The summed E-state index contributed by atoms with van der Waals surface area (Å²) in [5.41, 5.74) is 0.875. The van der Waals surface area contributed by atoms with Crippen LogP contribution < -0.4 is 4.74 Å². The molecule has 23 heavy (non-hydrogen) atoms. The molecule has 0 saturated heterocycles. The van der Waals surface area contributed by atoms with Crippen LogP contribution in [0.1, 0.15) is 11.1 Å². The molecule has 124 valence electrons. The summed E-state index contributed by atoms with van der Waals surface area (Å²) in [7, 11) is -0.986. The molecule has 1 heterocycles. The summed E-state index contributed by atoms with van der Waals surface area (Å²) in [6, 6.07) is 5.94. The van der Waals surface area contributed by atoms with Gasteiger partial charge in [0.2, 0.25) is 10.0 Å². The minimum atomic E-state index is -3.84. The molecule has 0 fully saturated rings. The predicted octanol–water partition coefficient (Wildman–Crippen LogP) is 1.74. The Bertz CT molecular complexity index is 782. The van der Waals surface area contributed by atoms with Crippen molar-refractivity contribution < 1.29 is 27.5 Å². The molecule has 2 rings (SSSR count). The van der Waals surface area contributed by atoms with Gasteiger partial charge < -0.3 is 14.3 Å². The summed E-state index contributed by atoms with van der Waals surface area (Å²) in [5, 5.41) is 9.01. The van der Waals surface area contributed by atoms with E-state index >= 15 is 0 Å². The molecule has 0 bridgehead atoms. The van der Waals surface area contributed by atoms with E-state index < -0.39 is 22.4 Å². The average molecular weight is 339 g/mol. The number of aliphatic carboxylic acids is 1. The van der Waals surface area contributed by atoms with Crippen LogP contribution in [0.25, 0.3) is 0 Å². The highest BCUT2D eigenvalue weighted by molar-refractivity contribution is 7.89. The molecule has 0 unspecified atom stereocenters. The fraction of sp³-hybridized carbons (Fsp3) is 0.267. The van der Waals surface area contributed by atoms with Crippen LogP contribution in [0.4, 0.5) is 0 Å². The number of carbonyl (C=O) groups is 1. The Morgan fingerprint density at radius 3 is 2.65 bits per heavy atom. The lowest BCUT2D eigenvalue weighted by molar-refractivity contribution is -0.136. The lowest BCUT2D eigenvalue weighted by Crippen LogP contribution is -2.27. The van der Waals surface area contributed by atoms with Crippen molar-refractivity contribution in [3.8, 4) is 5.75 Å². The number of carboxylic acids is 1. The third kappa shape index (κ3) is 3.91. The van der Waals surface area contributed by atoms with Crippen molar-refractivity contribution in [1.82, 2.24) is 4.31 Å². The lowest BCUT2D eigenvalue weighted by Gasteiger charge is -2.19. The molecular weight excluding hydrogens is 322 g/mol. The summed E-state index contributed by atoms with van der Waals surface area (Å²) < 4.78 is 36.5. The minimum absolute atomic E-state index is 0.0494. The first kappa shape index (κ1) is 17.0. The van der Waals surface area contributed by atoms with Gasteiger partial charge in [0.1, 0.15) is 5.75 Å². The quantitative estimate of drug-likeness (QED) is 0.825. The van der Waals surface area contributed by atoms with E-state index in [-0.39, 0.29) is 17.0 Å². The summed E-state index contributed by atoms with van der Waals surface area (Å²) in [6.07, 6.45) is 2.50. The molecule has 1 aromatic carbocycles. The summed E-state index contributed by atoms with van der Waals surface area (Å²) in [4.78, 5) is 11.0. The van der Waals surface area contributed by atoms with E-state index in [9.17, 15) is 13.2 Å². The number of sulfonamides is 1. The Hall–Kier alpha value is -2.32. The zero-order valence-corrected chi connectivity index (χ0v) is 13.5. The van der Waals surface area contributed by atoms with E-state index in [4.69, 9.17) is 14.3 Å².